The van der Waals surface area contributed by atoms with E-state index in [9.17, 15) is 0 Å². The van der Waals surface area contributed by atoms with E-state index >= 15 is 0 Å². The van der Waals surface area contributed by atoms with Crippen molar-refractivity contribution >= 4 is 0 Å². The molecule has 50 valence electrons. The summed E-state index contributed by atoms with van der Waals surface area (Å²) in [5.41, 5.74) is 0. The van der Waals surface area contributed by atoms with Gasteiger partial charge < -0.3 is 10.3 Å². The lowest BCUT2D eigenvalue weighted by Gasteiger charge is -2.04. The lowest BCUT2D eigenvalue weighted by Crippen LogP contribution is -2.13. The van der Waals surface area contributed by atoms with Crippen LogP contribution in [-0.2, 0) is 0 Å². The molecule has 0 aliphatic rings. The number of hydrogen-bond acceptors (Lipinski definition) is 3. The third-order valence-corrected chi connectivity index (χ3v) is 0.890. The minimum atomic E-state index is 0.216. The molecule has 0 fully saturated rings. The van der Waals surface area contributed by atoms with E-state index in [2.05, 4.69) is 0 Å². The van der Waals surface area contributed by atoms with Crippen molar-refractivity contribution in [1.82, 2.24) is 5.06 Å². The molecule has 0 atom stereocenters. The Morgan fingerprint density at radius 2 is 2.00 bits per heavy atom. The molecule has 0 saturated carbocycles. The number of unbranched alkanes of at least 4 members (excludes halogenated alkanes) is 1. The maximum absolute atomic E-state index is 8.53. The fraction of sp³-hybridized carbons (Fsp3) is 1.00. The summed E-state index contributed by atoms with van der Waals surface area (Å²) in [4.78, 5) is 0. The minimum absolute atomic E-state index is 0.216. The van der Waals surface area contributed by atoms with Crippen LogP contribution in [0, 0.1) is 0 Å². The van der Waals surface area contributed by atoms with Gasteiger partial charge in [0.2, 0.25) is 0 Å². The molecule has 0 rings (SSSR count). The van der Waals surface area contributed by atoms with Gasteiger partial charge in [0, 0.05) is 20.2 Å². The van der Waals surface area contributed by atoms with Crippen LogP contribution in [0.2, 0.25) is 0 Å². The summed E-state index contributed by atoms with van der Waals surface area (Å²) >= 11 is 0. The van der Waals surface area contributed by atoms with Crippen molar-refractivity contribution in [2.45, 2.75) is 12.8 Å². The molecule has 0 unspecified atom stereocenters. The second-order valence-electron chi connectivity index (χ2n) is 1.81. The van der Waals surface area contributed by atoms with E-state index in [-0.39, 0.29) is 6.61 Å². The first-order valence-corrected chi connectivity index (χ1v) is 2.78. The average Bonchev–Trinajstić information content (AvgIpc) is 1.66. The van der Waals surface area contributed by atoms with Gasteiger partial charge in [0.15, 0.2) is 0 Å². The van der Waals surface area contributed by atoms with Gasteiger partial charge in [-0.15, -0.1) is 0 Å². The van der Waals surface area contributed by atoms with Crippen LogP contribution in [0.4, 0.5) is 0 Å². The maximum atomic E-state index is 8.53. The summed E-state index contributed by atoms with van der Waals surface area (Å²) in [5, 5.41) is 17.9. The van der Waals surface area contributed by atoms with E-state index < -0.39 is 0 Å². The topological polar surface area (TPSA) is 43.7 Å². The lowest BCUT2D eigenvalue weighted by molar-refractivity contribution is -0.0660. The minimum Gasteiger partial charge on any atom is -0.396 e. The third kappa shape index (κ3) is 5.88. The molecule has 0 radical (unpaired) electrons. The van der Waals surface area contributed by atoms with Crippen molar-refractivity contribution in [2.24, 2.45) is 0 Å². The molecule has 3 nitrogen and oxygen atoms in total. The standard InChI is InChI=1S/C5H13NO2/c1-6(8)4-2-3-5-7/h7-8H,2-5H2,1H3. The Bertz CT molecular complexity index is 47.7. The summed E-state index contributed by atoms with van der Waals surface area (Å²) in [5.74, 6) is 0. The van der Waals surface area contributed by atoms with Gasteiger partial charge in [-0.2, -0.15) is 5.06 Å². The molecule has 0 spiro atoms. The van der Waals surface area contributed by atoms with Crippen molar-refractivity contribution in [1.29, 1.82) is 0 Å². The normalized spacial score (nSPS) is 10.5. The largest absolute Gasteiger partial charge is 0.396 e. The van der Waals surface area contributed by atoms with Crippen molar-refractivity contribution in [2.75, 3.05) is 20.2 Å². The van der Waals surface area contributed by atoms with Crippen LogP contribution in [0.1, 0.15) is 12.8 Å². The summed E-state index contributed by atoms with van der Waals surface area (Å²) in [6.45, 7) is 0.856. The molecule has 0 aliphatic heterocycles. The Labute approximate surface area is 49.5 Å². The fourth-order valence-electron chi connectivity index (χ4n) is 0.452. The Morgan fingerprint density at radius 3 is 2.38 bits per heavy atom. The summed E-state index contributed by atoms with van der Waals surface area (Å²) in [6, 6.07) is 0. The van der Waals surface area contributed by atoms with Crippen LogP contribution in [0.5, 0.6) is 0 Å². The van der Waals surface area contributed by atoms with Crippen LogP contribution in [0.25, 0.3) is 0 Å². The molecule has 8 heavy (non-hydrogen) atoms. The number of hydrogen-bond donors (Lipinski definition) is 2. The monoisotopic (exact) mass is 119 g/mol. The molecular weight excluding hydrogens is 106 g/mol. The van der Waals surface area contributed by atoms with Crippen LogP contribution in [0.3, 0.4) is 0 Å². The van der Waals surface area contributed by atoms with Crippen molar-refractivity contribution in [3.05, 3.63) is 0 Å². The Balaban J connectivity index is 2.72. The SMILES string of the molecule is CN(O)CCCCO. The van der Waals surface area contributed by atoms with Gasteiger partial charge in [-0.05, 0) is 12.8 Å². The van der Waals surface area contributed by atoms with Gasteiger partial charge in [-0.25, -0.2) is 0 Å². The molecule has 2 N–H and O–H groups in total. The van der Waals surface area contributed by atoms with Gasteiger partial charge >= 0.3 is 0 Å². The molecule has 0 aromatic carbocycles. The predicted molar refractivity (Wildman–Crippen MR) is 30.7 cm³/mol. The highest BCUT2D eigenvalue weighted by Crippen LogP contribution is 1.86. The van der Waals surface area contributed by atoms with E-state index in [1.54, 1.807) is 7.05 Å². The van der Waals surface area contributed by atoms with Crippen LogP contribution < -0.4 is 0 Å². The summed E-state index contributed by atoms with van der Waals surface area (Å²) in [6.07, 6.45) is 1.62. The van der Waals surface area contributed by atoms with Crippen molar-refractivity contribution in [3.63, 3.8) is 0 Å². The van der Waals surface area contributed by atoms with E-state index in [4.69, 9.17) is 10.3 Å². The maximum Gasteiger partial charge on any atom is 0.0431 e. The van der Waals surface area contributed by atoms with E-state index in [1.165, 1.54) is 0 Å². The molecule has 0 aromatic rings. The third-order valence-electron chi connectivity index (χ3n) is 0.890. The average molecular weight is 119 g/mol. The lowest BCUT2D eigenvalue weighted by atomic mass is 10.3. The van der Waals surface area contributed by atoms with Crippen molar-refractivity contribution in [3.8, 4) is 0 Å². The Morgan fingerprint density at radius 1 is 1.38 bits per heavy atom. The zero-order chi connectivity index (χ0) is 6.41. The zero-order valence-electron chi connectivity index (χ0n) is 5.17. The second-order valence-corrected chi connectivity index (χ2v) is 1.81. The Kier molecular flexibility index (Phi) is 4.95. The molecular formula is C5H13NO2. The molecule has 0 aromatic heterocycles. The number of rotatable bonds is 4. The Hall–Kier alpha value is -0.120. The van der Waals surface area contributed by atoms with Crippen LogP contribution in [0.15, 0.2) is 0 Å². The highest BCUT2D eigenvalue weighted by atomic mass is 16.5. The number of aliphatic hydroxyl groups excluding tert-OH is 1. The first-order chi connectivity index (χ1) is 3.77. The predicted octanol–water partition coefficient (Wildman–Crippen LogP) is 0.0799. The van der Waals surface area contributed by atoms with Crippen LogP contribution >= 0.6 is 0 Å². The van der Waals surface area contributed by atoms with Crippen molar-refractivity contribution < 1.29 is 10.3 Å². The fourth-order valence-corrected chi connectivity index (χ4v) is 0.452. The summed E-state index contributed by atoms with van der Waals surface area (Å²) in [7, 11) is 1.59. The smallest absolute Gasteiger partial charge is 0.0431 e. The molecule has 0 heterocycles. The molecule has 0 bridgehead atoms. The molecule has 0 saturated heterocycles. The van der Waals surface area contributed by atoms with Crippen LogP contribution in [-0.4, -0.2) is 35.6 Å². The van der Waals surface area contributed by atoms with Gasteiger partial charge in [-0.3, -0.25) is 0 Å². The number of hydroxylamine groups is 2. The number of aliphatic hydroxyl groups is 1. The van der Waals surface area contributed by atoms with E-state index in [0.717, 1.165) is 17.9 Å². The zero-order valence-corrected chi connectivity index (χ0v) is 5.17. The van der Waals surface area contributed by atoms with E-state index in [0.29, 0.717) is 6.54 Å². The quantitative estimate of drug-likeness (QED) is 0.407. The van der Waals surface area contributed by atoms with E-state index in [1.807, 2.05) is 0 Å². The van der Waals surface area contributed by atoms with Gasteiger partial charge in [0.25, 0.3) is 0 Å². The molecule has 0 amide bonds. The summed E-state index contributed by atoms with van der Waals surface area (Å²) < 4.78 is 0. The number of nitrogens with zero attached hydrogens (tertiary/aromatic N) is 1. The second kappa shape index (κ2) is 5.03. The highest BCUT2D eigenvalue weighted by molar-refractivity contribution is 4.38. The van der Waals surface area contributed by atoms with Gasteiger partial charge in [0.05, 0.1) is 0 Å². The first kappa shape index (κ1) is 7.88. The van der Waals surface area contributed by atoms with Gasteiger partial charge in [-0.1, -0.05) is 0 Å². The molecule has 3 heteroatoms. The highest BCUT2D eigenvalue weighted by Gasteiger charge is 1.88. The van der Waals surface area contributed by atoms with Gasteiger partial charge in [0.1, 0.15) is 0 Å². The molecule has 0 aliphatic carbocycles. The first-order valence-electron chi connectivity index (χ1n) is 2.78.